The molecule has 1 aliphatic rings. The maximum Gasteiger partial charge on any atom is 0.261 e. The molecule has 0 saturated carbocycles. The van der Waals surface area contributed by atoms with Gasteiger partial charge in [0.15, 0.2) is 0 Å². The van der Waals surface area contributed by atoms with Crippen molar-refractivity contribution in [2.24, 2.45) is 4.99 Å². The third-order valence-corrected chi connectivity index (χ3v) is 3.54. The first-order valence-corrected chi connectivity index (χ1v) is 12.7. The van der Waals surface area contributed by atoms with Crippen molar-refractivity contribution in [3.63, 3.8) is 0 Å². The van der Waals surface area contributed by atoms with Crippen molar-refractivity contribution in [1.82, 2.24) is 5.32 Å². The standard InChI is InChI=1S/C17H19N3O.2CH4O3S/c1-13-5-7-14(8-6-13)20(12-17-18-9-10-19-17)15-3-2-4-16(21)11-15;2*1-5(2,3)4/h2-8,11,21H,9-10,12H2,1H3,(H,18,19);2*1H3,(H,2,3,4). The largest absolute Gasteiger partial charge is 0.508 e. The number of hydrogen-bond donors (Lipinski definition) is 4. The number of hydrogen-bond acceptors (Lipinski definition) is 8. The smallest absolute Gasteiger partial charge is 0.261 e. The van der Waals surface area contributed by atoms with Gasteiger partial charge >= 0.3 is 0 Å². The van der Waals surface area contributed by atoms with Crippen LogP contribution in [0.3, 0.4) is 0 Å². The summed E-state index contributed by atoms with van der Waals surface area (Å²) in [5, 5.41) is 13.0. The van der Waals surface area contributed by atoms with Crippen molar-refractivity contribution in [2.45, 2.75) is 6.92 Å². The molecule has 0 radical (unpaired) electrons. The number of nitrogens with one attached hydrogen (secondary N) is 1. The molecular formula is C19H27N3O7S2. The molecule has 3 rings (SSSR count). The summed E-state index contributed by atoms with van der Waals surface area (Å²) in [5.41, 5.74) is 3.27. The van der Waals surface area contributed by atoms with Crippen LogP contribution in [0.5, 0.6) is 5.75 Å². The molecule has 1 aliphatic heterocycles. The van der Waals surface area contributed by atoms with Crippen molar-refractivity contribution in [3.8, 4) is 5.75 Å². The number of benzene rings is 2. The molecule has 4 N–H and O–H groups in total. The fourth-order valence-electron chi connectivity index (χ4n) is 2.42. The van der Waals surface area contributed by atoms with Crippen LogP contribution in [-0.4, -0.2) is 69.0 Å². The van der Waals surface area contributed by atoms with Crippen LogP contribution in [0.25, 0.3) is 0 Å². The van der Waals surface area contributed by atoms with Gasteiger partial charge in [-0.15, -0.1) is 0 Å². The van der Waals surface area contributed by atoms with Crippen LogP contribution in [0.15, 0.2) is 53.5 Å². The fraction of sp³-hybridized carbons (Fsp3) is 0.316. The van der Waals surface area contributed by atoms with E-state index < -0.39 is 20.2 Å². The summed E-state index contributed by atoms with van der Waals surface area (Å²) in [6, 6.07) is 15.7. The van der Waals surface area contributed by atoms with Crippen LogP contribution in [0.2, 0.25) is 0 Å². The van der Waals surface area contributed by atoms with Gasteiger partial charge in [0.2, 0.25) is 0 Å². The summed E-state index contributed by atoms with van der Waals surface area (Å²) >= 11 is 0. The average molecular weight is 474 g/mol. The summed E-state index contributed by atoms with van der Waals surface area (Å²) in [6.07, 6.45) is 1.43. The highest BCUT2D eigenvalue weighted by Gasteiger charge is 2.15. The lowest BCUT2D eigenvalue weighted by Crippen LogP contribution is -2.32. The molecule has 12 heteroatoms. The lowest BCUT2D eigenvalue weighted by atomic mass is 10.2. The van der Waals surface area contributed by atoms with E-state index in [1.165, 1.54) is 5.56 Å². The van der Waals surface area contributed by atoms with Crippen molar-refractivity contribution >= 4 is 37.4 Å². The number of phenolic OH excluding ortho intramolecular Hbond substituents is 1. The van der Waals surface area contributed by atoms with Crippen molar-refractivity contribution in [2.75, 3.05) is 37.0 Å². The van der Waals surface area contributed by atoms with E-state index in [4.69, 9.17) is 9.11 Å². The Morgan fingerprint density at radius 3 is 1.97 bits per heavy atom. The Hall–Kier alpha value is -2.67. The van der Waals surface area contributed by atoms with E-state index in [2.05, 4.69) is 46.4 Å². The van der Waals surface area contributed by atoms with Crippen molar-refractivity contribution in [3.05, 3.63) is 54.1 Å². The third-order valence-electron chi connectivity index (χ3n) is 3.54. The fourth-order valence-corrected chi connectivity index (χ4v) is 2.42. The maximum atomic E-state index is 9.74. The predicted molar refractivity (Wildman–Crippen MR) is 122 cm³/mol. The summed E-state index contributed by atoms with van der Waals surface area (Å²) in [5.74, 6) is 1.25. The molecule has 31 heavy (non-hydrogen) atoms. The number of aromatic hydroxyl groups is 1. The van der Waals surface area contributed by atoms with Gasteiger partial charge in [-0.25, -0.2) is 0 Å². The topological polar surface area (TPSA) is 157 Å². The van der Waals surface area contributed by atoms with Crippen LogP contribution in [0.4, 0.5) is 11.4 Å². The van der Waals surface area contributed by atoms with Crippen molar-refractivity contribution < 1.29 is 31.0 Å². The van der Waals surface area contributed by atoms with E-state index in [-0.39, 0.29) is 5.75 Å². The molecular weight excluding hydrogens is 446 g/mol. The maximum absolute atomic E-state index is 9.74. The number of anilines is 2. The van der Waals surface area contributed by atoms with E-state index in [1.54, 1.807) is 12.1 Å². The summed E-state index contributed by atoms with van der Waals surface area (Å²) in [7, 11) is -7.33. The van der Waals surface area contributed by atoms with Gasteiger partial charge in [-0.3, -0.25) is 14.1 Å². The molecule has 0 spiro atoms. The Kier molecular flexibility index (Phi) is 9.91. The lowest BCUT2D eigenvalue weighted by Gasteiger charge is -2.25. The summed E-state index contributed by atoms with van der Waals surface area (Å²) in [6.45, 7) is 4.48. The number of rotatable bonds is 4. The van der Waals surface area contributed by atoms with Crippen LogP contribution >= 0.6 is 0 Å². The Bertz CT molecular complexity index is 1040. The highest BCUT2D eigenvalue weighted by Crippen LogP contribution is 2.28. The average Bonchev–Trinajstić information content (AvgIpc) is 3.11. The molecule has 0 aliphatic carbocycles. The SMILES string of the molecule is CS(=O)(=O)O.CS(=O)(=O)O.Cc1ccc(N(CC2=NCCN2)c2cccc(O)c2)cc1. The van der Waals surface area contributed by atoms with Gasteiger partial charge < -0.3 is 15.3 Å². The molecule has 0 amide bonds. The molecule has 10 nitrogen and oxygen atoms in total. The van der Waals surface area contributed by atoms with Crippen LogP contribution in [0, 0.1) is 6.92 Å². The van der Waals surface area contributed by atoms with Gasteiger partial charge in [0, 0.05) is 24.0 Å². The summed E-state index contributed by atoms with van der Waals surface area (Å²) in [4.78, 5) is 6.62. The number of phenols is 1. The zero-order valence-electron chi connectivity index (χ0n) is 17.4. The minimum Gasteiger partial charge on any atom is -0.508 e. The van der Waals surface area contributed by atoms with Gasteiger partial charge in [-0.05, 0) is 31.2 Å². The van der Waals surface area contributed by atoms with Gasteiger partial charge in [-0.2, -0.15) is 16.8 Å². The number of aliphatic imine (C=N–C) groups is 1. The second-order valence-electron chi connectivity index (χ2n) is 6.66. The van der Waals surface area contributed by atoms with Gasteiger partial charge in [0.25, 0.3) is 20.2 Å². The molecule has 0 aromatic heterocycles. The first-order chi connectivity index (χ1) is 14.2. The predicted octanol–water partition coefficient (Wildman–Crippen LogP) is 1.85. The molecule has 0 bridgehead atoms. The molecule has 2 aromatic rings. The Morgan fingerprint density at radius 1 is 0.968 bits per heavy atom. The minimum absolute atomic E-state index is 0.269. The van der Waals surface area contributed by atoms with Crippen molar-refractivity contribution in [1.29, 1.82) is 0 Å². The Balaban J connectivity index is 0.000000404. The number of aryl methyl sites for hydroxylation is 1. The van der Waals surface area contributed by atoms with E-state index in [0.717, 1.165) is 30.3 Å². The summed E-state index contributed by atoms with van der Waals surface area (Å²) < 4.78 is 51.7. The highest BCUT2D eigenvalue weighted by atomic mass is 32.2. The monoisotopic (exact) mass is 473 g/mol. The zero-order valence-corrected chi connectivity index (χ0v) is 19.1. The van der Waals surface area contributed by atoms with Crippen LogP contribution in [0.1, 0.15) is 5.56 Å². The van der Waals surface area contributed by atoms with Gasteiger partial charge in [0.05, 0.1) is 25.6 Å². The Labute approximate surface area is 182 Å². The molecule has 0 atom stereocenters. The highest BCUT2D eigenvalue weighted by molar-refractivity contribution is 7.85. The minimum atomic E-state index is -3.67. The number of nitrogens with zero attached hydrogens (tertiary/aromatic N) is 2. The Morgan fingerprint density at radius 2 is 1.52 bits per heavy atom. The molecule has 1 heterocycles. The molecule has 172 valence electrons. The van der Waals surface area contributed by atoms with Gasteiger partial charge in [-0.1, -0.05) is 23.8 Å². The van der Waals surface area contributed by atoms with E-state index in [0.29, 0.717) is 19.1 Å². The van der Waals surface area contributed by atoms with Gasteiger partial charge in [0.1, 0.15) is 11.6 Å². The first-order valence-electron chi connectivity index (χ1n) is 8.98. The van der Waals surface area contributed by atoms with E-state index in [1.807, 2.05) is 12.1 Å². The zero-order chi connectivity index (χ0) is 23.7. The second kappa shape index (κ2) is 11.6. The van der Waals surface area contributed by atoms with E-state index in [9.17, 15) is 21.9 Å². The molecule has 0 unspecified atom stereocenters. The first kappa shape index (κ1) is 26.4. The third kappa shape index (κ3) is 13.3. The normalized spacial score (nSPS) is 13.0. The lowest BCUT2D eigenvalue weighted by molar-refractivity contribution is 0.475. The van der Waals surface area contributed by atoms with Crippen LogP contribution < -0.4 is 10.2 Å². The van der Waals surface area contributed by atoms with E-state index >= 15 is 0 Å². The second-order valence-corrected chi connectivity index (χ2v) is 9.59. The number of amidine groups is 1. The molecule has 2 aromatic carbocycles. The van der Waals surface area contributed by atoms with Crippen LogP contribution in [-0.2, 0) is 20.2 Å². The molecule has 0 fully saturated rings. The molecule has 0 saturated heterocycles. The quantitative estimate of drug-likeness (QED) is 0.486.